The van der Waals surface area contributed by atoms with Gasteiger partial charge in [0.25, 0.3) is 0 Å². The van der Waals surface area contributed by atoms with Gasteiger partial charge in [-0.15, -0.1) is 0 Å². The van der Waals surface area contributed by atoms with Crippen molar-refractivity contribution in [2.75, 3.05) is 0 Å². The van der Waals surface area contributed by atoms with Crippen LogP contribution in [-0.2, 0) is 11.6 Å². The quantitative estimate of drug-likeness (QED) is 0.659. The molecule has 0 bridgehead atoms. The van der Waals surface area contributed by atoms with Crippen LogP contribution in [-0.4, -0.2) is 0 Å². The van der Waals surface area contributed by atoms with Gasteiger partial charge in [0, 0.05) is 0 Å². The van der Waals surface area contributed by atoms with Crippen molar-refractivity contribution in [1.29, 1.82) is 0 Å². The van der Waals surface area contributed by atoms with Gasteiger partial charge < -0.3 is 0 Å². The molecule has 0 aromatic heterocycles. The van der Waals surface area contributed by atoms with Crippen LogP contribution in [0.25, 0.3) is 0 Å². The number of hydrogen-bond donors (Lipinski definition) is 0. The summed E-state index contributed by atoms with van der Waals surface area (Å²) in [7, 11) is 0. The molecule has 0 aliphatic heterocycles. The normalized spacial score (nSPS) is 15.7. The lowest BCUT2D eigenvalue weighted by Gasteiger charge is -2.24. The van der Waals surface area contributed by atoms with E-state index < -0.39 is 11.7 Å². The molecule has 1 aromatic rings. The molecule has 1 aliphatic carbocycles. The predicted octanol–water partition coefficient (Wildman–Crippen LogP) is 5.09. The minimum Gasteiger partial charge on any atom is -0.166 e. The summed E-state index contributed by atoms with van der Waals surface area (Å²) in [5, 5.41) is 0. The van der Waals surface area contributed by atoms with Gasteiger partial charge in [-0.3, -0.25) is 0 Å². The second-order valence-electron chi connectivity index (χ2n) is 5.53. The Morgan fingerprint density at radius 3 is 1.94 bits per heavy atom. The molecule has 0 saturated heterocycles. The summed E-state index contributed by atoms with van der Waals surface area (Å²) in [6.45, 7) is 4.13. The van der Waals surface area contributed by atoms with Gasteiger partial charge in [0.2, 0.25) is 0 Å². The molecule has 98 valence electrons. The summed E-state index contributed by atoms with van der Waals surface area (Å²) in [5.41, 5.74) is 1.73. The van der Waals surface area contributed by atoms with Gasteiger partial charge in [0.05, 0.1) is 5.56 Å². The number of benzene rings is 1. The first-order chi connectivity index (χ1) is 8.29. The average molecular weight is 254 g/mol. The van der Waals surface area contributed by atoms with Crippen LogP contribution in [0.3, 0.4) is 0 Å². The molecule has 18 heavy (non-hydrogen) atoms. The third kappa shape index (κ3) is 3.15. The topological polar surface area (TPSA) is 0 Å². The second-order valence-corrected chi connectivity index (χ2v) is 5.53. The Bertz CT molecular complexity index is 444. The standard InChI is InChI=1S/C15H17F3/c1-14(2,10-9-11-3-4-11)12-5-7-13(8-6-12)15(16,17)18/h5-9H,3-4,10H2,1-2H3. The van der Waals surface area contributed by atoms with Crippen LogP contribution in [0.4, 0.5) is 13.2 Å². The molecular weight excluding hydrogens is 237 g/mol. The van der Waals surface area contributed by atoms with Crippen LogP contribution in [0.5, 0.6) is 0 Å². The van der Waals surface area contributed by atoms with Gasteiger partial charge in [-0.05, 0) is 42.4 Å². The average Bonchev–Trinajstić information content (AvgIpc) is 3.09. The maximum atomic E-state index is 12.5. The Labute approximate surface area is 106 Å². The third-order valence-electron chi connectivity index (χ3n) is 3.43. The van der Waals surface area contributed by atoms with E-state index >= 15 is 0 Å². The zero-order valence-electron chi connectivity index (χ0n) is 10.6. The van der Waals surface area contributed by atoms with E-state index in [2.05, 4.69) is 19.9 Å². The van der Waals surface area contributed by atoms with Crippen molar-refractivity contribution >= 4 is 0 Å². The van der Waals surface area contributed by atoms with E-state index in [4.69, 9.17) is 0 Å². The van der Waals surface area contributed by atoms with Crippen molar-refractivity contribution in [2.45, 2.75) is 44.7 Å². The van der Waals surface area contributed by atoms with Gasteiger partial charge >= 0.3 is 6.18 Å². The van der Waals surface area contributed by atoms with Crippen molar-refractivity contribution in [3.63, 3.8) is 0 Å². The zero-order chi connectivity index (χ0) is 13.4. The first-order valence-electron chi connectivity index (χ1n) is 6.15. The van der Waals surface area contributed by atoms with E-state index in [0.717, 1.165) is 12.0 Å². The van der Waals surface area contributed by atoms with Gasteiger partial charge in [-0.25, -0.2) is 0 Å². The molecule has 1 saturated carbocycles. The number of alkyl halides is 3. The van der Waals surface area contributed by atoms with Crippen LogP contribution in [0.1, 0.15) is 44.2 Å². The molecule has 2 rings (SSSR count). The largest absolute Gasteiger partial charge is 0.416 e. The molecule has 0 unspecified atom stereocenters. The fourth-order valence-electron chi connectivity index (χ4n) is 1.90. The van der Waals surface area contributed by atoms with E-state index in [1.165, 1.54) is 30.5 Å². The van der Waals surface area contributed by atoms with Gasteiger partial charge in [-0.1, -0.05) is 37.6 Å². The molecule has 0 N–H and O–H groups in total. The minimum absolute atomic E-state index is 0.111. The number of hydrogen-bond acceptors (Lipinski definition) is 0. The second kappa shape index (κ2) is 4.45. The van der Waals surface area contributed by atoms with Gasteiger partial charge in [0.15, 0.2) is 0 Å². The van der Waals surface area contributed by atoms with E-state index in [1.807, 2.05) is 0 Å². The lowest BCUT2D eigenvalue weighted by atomic mass is 9.81. The summed E-state index contributed by atoms with van der Waals surface area (Å²) in [5.74, 6) is 0. The summed E-state index contributed by atoms with van der Waals surface area (Å²) < 4.78 is 37.4. The molecule has 0 heterocycles. The Hall–Kier alpha value is -1.25. The van der Waals surface area contributed by atoms with E-state index in [9.17, 15) is 13.2 Å². The zero-order valence-corrected chi connectivity index (χ0v) is 10.6. The molecule has 0 spiro atoms. The van der Waals surface area contributed by atoms with Crippen molar-refractivity contribution in [3.8, 4) is 0 Å². The maximum Gasteiger partial charge on any atom is 0.416 e. The number of halogens is 3. The smallest absolute Gasteiger partial charge is 0.166 e. The fourth-order valence-corrected chi connectivity index (χ4v) is 1.90. The summed E-state index contributed by atoms with van der Waals surface area (Å²) in [4.78, 5) is 0. The predicted molar refractivity (Wildman–Crippen MR) is 66.4 cm³/mol. The lowest BCUT2D eigenvalue weighted by Crippen LogP contribution is -2.16. The lowest BCUT2D eigenvalue weighted by molar-refractivity contribution is -0.137. The Balaban J connectivity index is 2.14. The van der Waals surface area contributed by atoms with Crippen molar-refractivity contribution in [3.05, 3.63) is 47.0 Å². The first kappa shape index (κ1) is 13.2. The molecule has 3 heteroatoms. The summed E-state index contributed by atoms with van der Waals surface area (Å²) >= 11 is 0. The molecule has 0 nitrogen and oxygen atoms in total. The highest BCUT2D eigenvalue weighted by Crippen LogP contribution is 2.35. The highest BCUT2D eigenvalue weighted by atomic mass is 19.4. The number of rotatable bonds is 3. The van der Waals surface area contributed by atoms with E-state index in [-0.39, 0.29) is 5.41 Å². The SMILES string of the molecule is CC(C)(CC=C1CC1)c1ccc(C(F)(F)F)cc1. The van der Waals surface area contributed by atoms with Crippen molar-refractivity contribution < 1.29 is 13.2 Å². The maximum absolute atomic E-state index is 12.5. The highest BCUT2D eigenvalue weighted by Gasteiger charge is 2.31. The van der Waals surface area contributed by atoms with Crippen LogP contribution in [0, 0.1) is 0 Å². The van der Waals surface area contributed by atoms with Crippen LogP contribution < -0.4 is 0 Å². The Morgan fingerprint density at radius 2 is 1.50 bits per heavy atom. The van der Waals surface area contributed by atoms with Gasteiger partial charge in [-0.2, -0.15) is 13.2 Å². The molecule has 1 aliphatic rings. The minimum atomic E-state index is -4.25. The monoisotopic (exact) mass is 254 g/mol. The van der Waals surface area contributed by atoms with Gasteiger partial charge in [0.1, 0.15) is 0 Å². The van der Waals surface area contributed by atoms with E-state index in [1.54, 1.807) is 12.1 Å². The molecule has 1 fully saturated rings. The third-order valence-corrected chi connectivity index (χ3v) is 3.43. The van der Waals surface area contributed by atoms with Crippen molar-refractivity contribution in [1.82, 2.24) is 0 Å². The van der Waals surface area contributed by atoms with E-state index in [0.29, 0.717) is 0 Å². The van der Waals surface area contributed by atoms with Crippen LogP contribution >= 0.6 is 0 Å². The van der Waals surface area contributed by atoms with Crippen molar-refractivity contribution in [2.24, 2.45) is 0 Å². The number of allylic oxidation sites excluding steroid dienone is 2. The molecule has 0 amide bonds. The summed E-state index contributed by atoms with van der Waals surface area (Å²) in [6, 6.07) is 5.52. The van der Waals surface area contributed by atoms with Crippen LogP contribution in [0.15, 0.2) is 35.9 Å². The molecule has 0 radical (unpaired) electrons. The van der Waals surface area contributed by atoms with Crippen LogP contribution in [0.2, 0.25) is 0 Å². The highest BCUT2D eigenvalue weighted by molar-refractivity contribution is 5.31. The molecular formula is C15H17F3. The summed E-state index contributed by atoms with van der Waals surface area (Å²) in [6.07, 6.45) is 1.22. The fraction of sp³-hybridized carbons (Fsp3) is 0.467. The molecule has 0 atom stereocenters. The molecule has 1 aromatic carbocycles. The first-order valence-corrected chi connectivity index (χ1v) is 6.15. The Kier molecular flexibility index (Phi) is 3.26. The Morgan fingerprint density at radius 1 is 1.00 bits per heavy atom.